The molecule has 1 aliphatic rings. The highest BCUT2D eigenvalue weighted by Crippen LogP contribution is 2.36. The minimum absolute atomic E-state index is 0.222. The molecule has 0 radical (unpaired) electrons. The summed E-state index contributed by atoms with van der Waals surface area (Å²) < 4.78 is 5.38. The molecule has 1 N–H and O–H groups in total. The largest absolute Gasteiger partial charge is 0.504 e. The Hall–Kier alpha value is -1.81. The van der Waals surface area contributed by atoms with Gasteiger partial charge < -0.3 is 9.84 Å². The van der Waals surface area contributed by atoms with Gasteiger partial charge in [0.25, 0.3) is 0 Å². The number of ketones is 1. The Morgan fingerprint density at radius 2 is 1.86 bits per heavy atom. The molecule has 1 aliphatic carbocycles. The van der Waals surface area contributed by atoms with Crippen LogP contribution in [0, 0.1) is 0 Å². The molecule has 5 heteroatoms. The molecule has 0 amide bonds. The summed E-state index contributed by atoms with van der Waals surface area (Å²) in [6.45, 7) is 9.50. The summed E-state index contributed by atoms with van der Waals surface area (Å²) in [5.41, 5.74) is 3.12. The lowest BCUT2D eigenvalue weighted by molar-refractivity contribution is -0.143. The van der Waals surface area contributed by atoms with Gasteiger partial charge in [0.05, 0.1) is 5.03 Å². The topological polar surface area (TPSA) is 63.6 Å². The van der Waals surface area contributed by atoms with Gasteiger partial charge in [0.15, 0.2) is 11.9 Å². The Kier molecular flexibility index (Phi) is 10.3. The van der Waals surface area contributed by atoms with Gasteiger partial charge >= 0.3 is 5.97 Å². The number of aliphatic hydroxyl groups is 1. The standard InChI is InChI=1S/C23H33ClO4/c1-6-7-8-12-18-20(24)23(28-17(5)25)19(22(27)21(18)26)14-13-16(4)11-9-10-15(2)3/h10,13,23,27H,6-9,11-12,14H2,1-5H3/b16-13+. The summed E-state index contributed by atoms with van der Waals surface area (Å²) >= 11 is 6.47. The van der Waals surface area contributed by atoms with Crippen LogP contribution in [0.15, 0.2) is 45.2 Å². The maximum atomic E-state index is 12.6. The predicted molar refractivity (Wildman–Crippen MR) is 114 cm³/mol. The van der Waals surface area contributed by atoms with Crippen LogP contribution in [0.3, 0.4) is 0 Å². The summed E-state index contributed by atoms with van der Waals surface area (Å²) in [7, 11) is 0. The van der Waals surface area contributed by atoms with Crippen LogP contribution in [0.25, 0.3) is 0 Å². The molecule has 0 aromatic carbocycles. The highest BCUT2D eigenvalue weighted by molar-refractivity contribution is 6.34. The predicted octanol–water partition coefficient (Wildman–Crippen LogP) is 6.47. The average molecular weight is 409 g/mol. The Morgan fingerprint density at radius 1 is 1.18 bits per heavy atom. The molecule has 4 nitrogen and oxygen atoms in total. The first-order valence-corrected chi connectivity index (χ1v) is 10.4. The average Bonchev–Trinajstić information content (AvgIpc) is 2.61. The van der Waals surface area contributed by atoms with E-state index in [0.717, 1.165) is 37.7 Å². The van der Waals surface area contributed by atoms with Gasteiger partial charge in [0, 0.05) is 18.1 Å². The number of halogens is 1. The number of esters is 1. The molecule has 0 saturated heterocycles. The number of carbonyl (C=O) groups is 2. The molecular formula is C23H33ClO4. The highest BCUT2D eigenvalue weighted by Gasteiger charge is 2.36. The molecule has 1 unspecified atom stereocenters. The van der Waals surface area contributed by atoms with Crippen molar-refractivity contribution >= 4 is 23.4 Å². The van der Waals surface area contributed by atoms with Crippen molar-refractivity contribution in [3.05, 3.63) is 45.2 Å². The van der Waals surface area contributed by atoms with Crippen LogP contribution in [-0.4, -0.2) is 23.0 Å². The van der Waals surface area contributed by atoms with Crippen LogP contribution in [-0.2, 0) is 14.3 Å². The summed E-state index contributed by atoms with van der Waals surface area (Å²) in [6.07, 6.45) is 8.61. The van der Waals surface area contributed by atoms with Gasteiger partial charge in [0.1, 0.15) is 0 Å². The Labute approximate surface area is 174 Å². The molecule has 0 aromatic heterocycles. The molecule has 0 bridgehead atoms. The number of aliphatic hydroxyl groups excluding tert-OH is 1. The molecule has 28 heavy (non-hydrogen) atoms. The molecular weight excluding hydrogens is 376 g/mol. The van der Waals surface area contributed by atoms with Gasteiger partial charge in [-0.15, -0.1) is 0 Å². The van der Waals surface area contributed by atoms with Crippen molar-refractivity contribution in [1.82, 2.24) is 0 Å². The second-order valence-corrected chi connectivity index (χ2v) is 7.96. The second kappa shape index (κ2) is 11.9. The molecule has 0 aromatic rings. The van der Waals surface area contributed by atoms with Gasteiger partial charge in [-0.05, 0) is 52.9 Å². The quantitative estimate of drug-likeness (QED) is 0.255. The third-order valence-corrected chi connectivity index (χ3v) is 5.13. The molecule has 0 heterocycles. The molecule has 1 atom stereocenters. The van der Waals surface area contributed by atoms with Crippen LogP contribution < -0.4 is 0 Å². The van der Waals surface area contributed by atoms with Crippen LogP contribution in [0.5, 0.6) is 0 Å². The van der Waals surface area contributed by atoms with Gasteiger partial charge in [-0.3, -0.25) is 9.59 Å². The lowest BCUT2D eigenvalue weighted by atomic mass is 9.88. The number of unbranched alkanes of at least 4 members (excludes halogenated alkanes) is 2. The smallest absolute Gasteiger partial charge is 0.303 e. The van der Waals surface area contributed by atoms with E-state index in [0.29, 0.717) is 24.0 Å². The molecule has 156 valence electrons. The lowest BCUT2D eigenvalue weighted by Crippen LogP contribution is -2.29. The van der Waals surface area contributed by atoms with Crippen molar-refractivity contribution in [1.29, 1.82) is 0 Å². The second-order valence-electron chi connectivity index (χ2n) is 7.55. The van der Waals surface area contributed by atoms with Crippen LogP contribution in [0.2, 0.25) is 0 Å². The zero-order chi connectivity index (χ0) is 21.3. The maximum Gasteiger partial charge on any atom is 0.303 e. The van der Waals surface area contributed by atoms with Crippen LogP contribution in [0.1, 0.15) is 79.6 Å². The van der Waals surface area contributed by atoms with Crippen molar-refractivity contribution in [3.63, 3.8) is 0 Å². The van der Waals surface area contributed by atoms with Crippen molar-refractivity contribution < 1.29 is 19.4 Å². The zero-order valence-corrected chi connectivity index (χ0v) is 18.5. The fourth-order valence-corrected chi connectivity index (χ4v) is 3.44. The first kappa shape index (κ1) is 24.2. The van der Waals surface area contributed by atoms with Gasteiger partial charge in [-0.1, -0.05) is 54.7 Å². The normalized spacial score (nSPS) is 17.9. The van der Waals surface area contributed by atoms with Gasteiger partial charge in [0.2, 0.25) is 5.78 Å². The lowest BCUT2D eigenvalue weighted by Gasteiger charge is -2.26. The van der Waals surface area contributed by atoms with E-state index in [1.54, 1.807) is 0 Å². The molecule has 1 rings (SSSR count). The number of hydrogen-bond acceptors (Lipinski definition) is 4. The van der Waals surface area contributed by atoms with Crippen LogP contribution in [0.4, 0.5) is 0 Å². The van der Waals surface area contributed by atoms with E-state index in [1.807, 2.05) is 13.0 Å². The van der Waals surface area contributed by atoms with Crippen LogP contribution >= 0.6 is 11.6 Å². The van der Waals surface area contributed by atoms with E-state index in [2.05, 4.69) is 26.8 Å². The number of Topliss-reactive ketones (excluding diaryl/α,β-unsaturated/α-hetero) is 1. The minimum Gasteiger partial charge on any atom is -0.504 e. The Bertz CT molecular complexity index is 706. The van der Waals surface area contributed by atoms with Crippen molar-refractivity contribution in [2.75, 3.05) is 0 Å². The summed E-state index contributed by atoms with van der Waals surface area (Å²) in [4.78, 5) is 24.2. The number of carbonyl (C=O) groups excluding carboxylic acids is 2. The Morgan fingerprint density at radius 3 is 2.43 bits per heavy atom. The number of hydrogen-bond donors (Lipinski definition) is 1. The number of allylic oxidation sites excluding steroid dienone is 5. The summed E-state index contributed by atoms with van der Waals surface area (Å²) in [6, 6.07) is 0. The molecule has 0 aliphatic heterocycles. The highest BCUT2D eigenvalue weighted by atomic mass is 35.5. The third kappa shape index (κ3) is 7.31. The Balaban J connectivity index is 3.06. The monoisotopic (exact) mass is 408 g/mol. The van der Waals surface area contributed by atoms with E-state index in [1.165, 1.54) is 12.5 Å². The third-order valence-electron chi connectivity index (χ3n) is 4.70. The zero-order valence-electron chi connectivity index (χ0n) is 17.7. The van der Waals surface area contributed by atoms with Crippen molar-refractivity contribution in [2.24, 2.45) is 0 Å². The first-order valence-electron chi connectivity index (χ1n) is 10.00. The van der Waals surface area contributed by atoms with Crippen molar-refractivity contribution in [3.8, 4) is 0 Å². The SMILES string of the molecule is CCCCCC1=C(Cl)C(OC(C)=O)C(C/C=C(\C)CCC=C(C)C)=C(O)C1=O. The molecule has 0 spiro atoms. The fraction of sp³-hybridized carbons (Fsp3) is 0.565. The first-order chi connectivity index (χ1) is 13.2. The molecule has 0 fully saturated rings. The number of ether oxygens (including phenoxy) is 1. The maximum absolute atomic E-state index is 12.6. The number of rotatable bonds is 10. The van der Waals surface area contributed by atoms with E-state index in [-0.39, 0.29) is 10.8 Å². The summed E-state index contributed by atoms with van der Waals surface area (Å²) in [5, 5.41) is 10.8. The minimum atomic E-state index is -0.893. The van der Waals surface area contributed by atoms with E-state index < -0.39 is 17.9 Å². The van der Waals surface area contributed by atoms with Gasteiger partial charge in [-0.25, -0.2) is 0 Å². The van der Waals surface area contributed by atoms with E-state index >= 15 is 0 Å². The van der Waals surface area contributed by atoms with E-state index in [9.17, 15) is 14.7 Å². The van der Waals surface area contributed by atoms with Gasteiger partial charge in [-0.2, -0.15) is 0 Å². The fourth-order valence-electron chi connectivity index (χ4n) is 3.08. The van der Waals surface area contributed by atoms with E-state index in [4.69, 9.17) is 16.3 Å². The summed E-state index contributed by atoms with van der Waals surface area (Å²) in [5.74, 6) is -1.29. The molecule has 0 saturated carbocycles. The van der Waals surface area contributed by atoms with Crippen molar-refractivity contribution in [2.45, 2.75) is 85.7 Å².